The van der Waals surface area contributed by atoms with Crippen molar-refractivity contribution in [3.05, 3.63) is 47.5 Å². The van der Waals surface area contributed by atoms with E-state index in [1.807, 2.05) is 27.7 Å². The molecular formula is C22H30FN5O3. The average Bonchev–Trinajstić information content (AvgIpc) is 3.15. The van der Waals surface area contributed by atoms with Crippen LogP contribution in [-0.2, 0) is 11.3 Å². The van der Waals surface area contributed by atoms with Crippen molar-refractivity contribution in [2.75, 3.05) is 19.6 Å². The minimum absolute atomic E-state index is 0.118. The molecule has 1 aliphatic rings. The first-order chi connectivity index (χ1) is 14.7. The standard InChI is InChI=1S/C22H30FN5O3/c1-5-7-18-14-26(21(30)31-22(2,3)4)10-11-28(18)20(29)19-15-27(25-24-19)13-16-8-6-9-17(23)12-16/h6,8-9,12,15,18H,5,7,10-11,13-14H2,1-4H3/t18-/m0/s1. The summed E-state index contributed by atoms with van der Waals surface area (Å²) in [5, 5.41) is 8.05. The summed E-state index contributed by atoms with van der Waals surface area (Å²) in [5.41, 5.74) is 0.409. The topological polar surface area (TPSA) is 80.6 Å². The Hall–Kier alpha value is -2.97. The molecule has 2 amide bonds. The van der Waals surface area contributed by atoms with Gasteiger partial charge >= 0.3 is 6.09 Å². The van der Waals surface area contributed by atoms with Gasteiger partial charge in [-0.15, -0.1) is 5.10 Å². The predicted molar refractivity (Wildman–Crippen MR) is 113 cm³/mol. The molecule has 1 aromatic heterocycles. The quantitative estimate of drug-likeness (QED) is 0.726. The highest BCUT2D eigenvalue weighted by molar-refractivity contribution is 5.92. The molecule has 0 saturated carbocycles. The Morgan fingerprint density at radius 3 is 2.71 bits per heavy atom. The number of amides is 2. The van der Waals surface area contributed by atoms with Gasteiger partial charge in [0, 0.05) is 25.7 Å². The third-order valence-electron chi connectivity index (χ3n) is 5.01. The molecule has 0 unspecified atom stereocenters. The number of piperazine rings is 1. The van der Waals surface area contributed by atoms with Gasteiger partial charge in [-0.1, -0.05) is 30.7 Å². The third kappa shape index (κ3) is 6.02. The highest BCUT2D eigenvalue weighted by Gasteiger charge is 2.35. The normalized spacial score (nSPS) is 17.0. The zero-order valence-corrected chi connectivity index (χ0v) is 18.5. The first kappa shape index (κ1) is 22.7. The van der Waals surface area contributed by atoms with Crippen molar-refractivity contribution in [3.63, 3.8) is 0 Å². The largest absolute Gasteiger partial charge is 0.444 e. The van der Waals surface area contributed by atoms with Gasteiger partial charge in [-0.25, -0.2) is 13.9 Å². The van der Waals surface area contributed by atoms with Crippen LogP contribution in [0.1, 0.15) is 56.6 Å². The molecule has 2 heterocycles. The molecule has 31 heavy (non-hydrogen) atoms. The minimum Gasteiger partial charge on any atom is -0.444 e. The van der Waals surface area contributed by atoms with E-state index < -0.39 is 5.60 Å². The van der Waals surface area contributed by atoms with Crippen molar-refractivity contribution in [2.24, 2.45) is 0 Å². The van der Waals surface area contributed by atoms with E-state index in [1.165, 1.54) is 16.8 Å². The lowest BCUT2D eigenvalue weighted by Gasteiger charge is -2.41. The van der Waals surface area contributed by atoms with Crippen LogP contribution in [0, 0.1) is 5.82 Å². The molecule has 9 heteroatoms. The summed E-state index contributed by atoms with van der Waals surface area (Å²) < 4.78 is 20.4. The van der Waals surface area contributed by atoms with Crippen LogP contribution in [-0.4, -0.2) is 68.1 Å². The molecule has 1 atom stereocenters. The van der Waals surface area contributed by atoms with Gasteiger partial charge in [0.1, 0.15) is 11.4 Å². The number of carbonyl (C=O) groups excluding carboxylic acids is 2. The number of benzene rings is 1. The molecule has 1 aliphatic heterocycles. The number of rotatable bonds is 5. The number of ether oxygens (including phenoxy) is 1. The number of aromatic nitrogens is 3. The molecule has 0 N–H and O–H groups in total. The van der Waals surface area contributed by atoms with E-state index in [0.29, 0.717) is 26.2 Å². The molecule has 0 spiro atoms. The van der Waals surface area contributed by atoms with Crippen molar-refractivity contribution >= 4 is 12.0 Å². The van der Waals surface area contributed by atoms with Gasteiger partial charge in [-0.05, 0) is 44.9 Å². The molecule has 168 valence electrons. The molecule has 0 radical (unpaired) electrons. The number of nitrogens with zero attached hydrogens (tertiary/aromatic N) is 5. The van der Waals surface area contributed by atoms with Crippen LogP contribution in [0.15, 0.2) is 30.5 Å². The third-order valence-corrected chi connectivity index (χ3v) is 5.01. The number of halogens is 1. The lowest BCUT2D eigenvalue weighted by Crippen LogP contribution is -2.57. The lowest BCUT2D eigenvalue weighted by molar-refractivity contribution is 0.00328. The second kappa shape index (κ2) is 9.45. The SMILES string of the molecule is CCC[C@H]1CN(C(=O)OC(C)(C)C)CCN1C(=O)c1cn(Cc2cccc(F)c2)nn1. The van der Waals surface area contributed by atoms with Gasteiger partial charge < -0.3 is 14.5 Å². The van der Waals surface area contributed by atoms with Crippen molar-refractivity contribution in [1.82, 2.24) is 24.8 Å². The van der Waals surface area contributed by atoms with Gasteiger partial charge in [0.15, 0.2) is 5.69 Å². The van der Waals surface area contributed by atoms with Gasteiger partial charge in [-0.2, -0.15) is 0 Å². The fraction of sp³-hybridized carbons (Fsp3) is 0.545. The van der Waals surface area contributed by atoms with Crippen molar-refractivity contribution in [2.45, 2.75) is 58.7 Å². The summed E-state index contributed by atoms with van der Waals surface area (Å²) in [5.74, 6) is -0.535. The Labute approximate surface area is 182 Å². The molecule has 1 saturated heterocycles. The highest BCUT2D eigenvalue weighted by atomic mass is 19.1. The Bertz CT molecular complexity index is 924. The van der Waals surface area contributed by atoms with Gasteiger partial charge in [-0.3, -0.25) is 4.79 Å². The number of hydrogen-bond donors (Lipinski definition) is 0. The zero-order chi connectivity index (χ0) is 22.6. The van der Waals surface area contributed by atoms with Crippen molar-refractivity contribution in [1.29, 1.82) is 0 Å². The van der Waals surface area contributed by atoms with E-state index >= 15 is 0 Å². The average molecular weight is 432 g/mol. The Morgan fingerprint density at radius 2 is 2.03 bits per heavy atom. The maximum atomic E-state index is 13.4. The molecule has 0 bridgehead atoms. The van der Waals surface area contributed by atoms with Gasteiger partial charge in [0.2, 0.25) is 0 Å². The Kier molecular flexibility index (Phi) is 6.92. The van der Waals surface area contributed by atoms with Crippen LogP contribution in [0.2, 0.25) is 0 Å². The first-order valence-corrected chi connectivity index (χ1v) is 10.6. The second-order valence-electron chi connectivity index (χ2n) is 8.80. The van der Waals surface area contributed by atoms with E-state index in [4.69, 9.17) is 4.74 Å². The number of carbonyl (C=O) groups is 2. The molecule has 2 aromatic rings. The fourth-order valence-corrected chi connectivity index (χ4v) is 3.64. The van der Waals surface area contributed by atoms with Crippen LogP contribution in [0.3, 0.4) is 0 Å². The molecule has 1 aromatic carbocycles. The molecule has 0 aliphatic carbocycles. The van der Waals surface area contributed by atoms with E-state index in [0.717, 1.165) is 18.4 Å². The smallest absolute Gasteiger partial charge is 0.410 e. The van der Waals surface area contributed by atoms with E-state index in [1.54, 1.807) is 28.1 Å². The lowest BCUT2D eigenvalue weighted by atomic mass is 10.1. The summed E-state index contributed by atoms with van der Waals surface area (Å²) >= 11 is 0. The maximum absolute atomic E-state index is 13.4. The monoisotopic (exact) mass is 431 g/mol. The minimum atomic E-state index is -0.565. The summed E-state index contributed by atoms with van der Waals surface area (Å²) in [6, 6.07) is 6.11. The fourth-order valence-electron chi connectivity index (χ4n) is 3.64. The second-order valence-corrected chi connectivity index (χ2v) is 8.80. The van der Waals surface area contributed by atoms with Gasteiger partial charge in [0.25, 0.3) is 5.91 Å². The Morgan fingerprint density at radius 1 is 1.26 bits per heavy atom. The van der Waals surface area contributed by atoms with E-state index in [-0.39, 0.29) is 29.6 Å². The summed E-state index contributed by atoms with van der Waals surface area (Å²) in [6.45, 7) is 9.10. The molecule has 1 fully saturated rings. The number of hydrogen-bond acceptors (Lipinski definition) is 5. The van der Waals surface area contributed by atoms with Gasteiger partial charge in [0.05, 0.1) is 12.7 Å². The van der Waals surface area contributed by atoms with Crippen molar-refractivity contribution in [3.8, 4) is 0 Å². The Balaban J connectivity index is 1.68. The van der Waals surface area contributed by atoms with Crippen LogP contribution in [0.4, 0.5) is 9.18 Å². The maximum Gasteiger partial charge on any atom is 0.410 e. The summed E-state index contributed by atoms with van der Waals surface area (Å²) in [6.07, 6.45) is 2.86. The molecular weight excluding hydrogens is 401 g/mol. The van der Waals surface area contributed by atoms with E-state index in [9.17, 15) is 14.0 Å². The molecule has 3 rings (SSSR count). The summed E-state index contributed by atoms with van der Waals surface area (Å²) in [4.78, 5) is 29.0. The predicted octanol–water partition coefficient (Wildman–Crippen LogP) is 3.33. The van der Waals surface area contributed by atoms with Crippen LogP contribution in [0.5, 0.6) is 0 Å². The molecule has 8 nitrogen and oxygen atoms in total. The first-order valence-electron chi connectivity index (χ1n) is 10.6. The zero-order valence-electron chi connectivity index (χ0n) is 18.5. The van der Waals surface area contributed by atoms with E-state index in [2.05, 4.69) is 10.3 Å². The van der Waals surface area contributed by atoms with Crippen LogP contribution in [0.25, 0.3) is 0 Å². The summed E-state index contributed by atoms with van der Waals surface area (Å²) in [7, 11) is 0. The van der Waals surface area contributed by atoms with Crippen LogP contribution < -0.4 is 0 Å². The van der Waals surface area contributed by atoms with Crippen molar-refractivity contribution < 1.29 is 18.7 Å². The highest BCUT2D eigenvalue weighted by Crippen LogP contribution is 2.20. The van der Waals surface area contributed by atoms with Crippen LogP contribution >= 0.6 is 0 Å².